The van der Waals surface area contributed by atoms with Crippen LogP contribution < -0.4 is 11.1 Å². The largest absolute Gasteiger partial charge is 0.337 e. The van der Waals surface area contributed by atoms with Gasteiger partial charge < -0.3 is 5.32 Å². The summed E-state index contributed by atoms with van der Waals surface area (Å²) < 4.78 is 0. The fourth-order valence-corrected chi connectivity index (χ4v) is 1.01. The van der Waals surface area contributed by atoms with Gasteiger partial charge in [-0.1, -0.05) is 12.1 Å². The molecule has 0 bridgehead atoms. The van der Waals surface area contributed by atoms with Gasteiger partial charge in [-0.15, -0.1) is 0 Å². The lowest BCUT2D eigenvalue weighted by Gasteiger charge is -2.06. The number of hydrogen-bond acceptors (Lipinski definition) is 1. The van der Waals surface area contributed by atoms with Gasteiger partial charge in [0, 0.05) is 5.69 Å². The molecule has 0 aliphatic heterocycles. The molecule has 12 heavy (non-hydrogen) atoms. The van der Waals surface area contributed by atoms with Crippen LogP contribution >= 0.6 is 0 Å². The minimum absolute atomic E-state index is 0.718. The zero-order chi connectivity index (χ0) is 9.14. The summed E-state index contributed by atoms with van der Waals surface area (Å²) in [5.41, 5.74) is 9.57. The SMILES string of the molecule is Cc1cccc(NC([NH])=O)c1C. The number of benzene rings is 1. The van der Waals surface area contributed by atoms with Crippen LogP contribution in [0.1, 0.15) is 11.1 Å². The van der Waals surface area contributed by atoms with Gasteiger partial charge in [0.2, 0.25) is 0 Å². The molecule has 3 heteroatoms. The van der Waals surface area contributed by atoms with E-state index in [1.165, 1.54) is 0 Å². The number of anilines is 1. The van der Waals surface area contributed by atoms with Crippen LogP contribution in [0.15, 0.2) is 18.2 Å². The Balaban J connectivity index is 3.00. The second kappa shape index (κ2) is 3.26. The number of rotatable bonds is 1. The number of aryl methyl sites for hydroxylation is 1. The van der Waals surface area contributed by atoms with E-state index in [1.54, 1.807) is 6.07 Å². The molecule has 0 spiro atoms. The molecule has 0 atom stereocenters. The van der Waals surface area contributed by atoms with Crippen molar-refractivity contribution < 1.29 is 4.79 Å². The maximum atomic E-state index is 10.4. The van der Waals surface area contributed by atoms with Gasteiger partial charge in [-0.05, 0) is 31.0 Å². The molecule has 2 amide bonds. The third kappa shape index (κ3) is 1.75. The highest BCUT2D eigenvalue weighted by molar-refractivity contribution is 5.88. The molecule has 2 N–H and O–H groups in total. The Morgan fingerprint density at radius 3 is 2.67 bits per heavy atom. The van der Waals surface area contributed by atoms with Gasteiger partial charge in [-0.3, -0.25) is 0 Å². The van der Waals surface area contributed by atoms with Crippen molar-refractivity contribution in [3.05, 3.63) is 29.3 Å². The summed E-state index contributed by atoms with van der Waals surface area (Å²) in [4.78, 5) is 10.4. The number of carbonyl (C=O) groups excluding carboxylic acids is 1. The van der Waals surface area contributed by atoms with E-state index in [2.05, 4.69) is 5.32 Å². The van der Waals surface area contributed by atoms with Crippen molar-refractivity contribution >= 4 is 11.7 Å². The first kappa shape index (κ1) is 8.59. The monoisotopic (exact) mass is 163 g/mol. The molecule has 0 saturated heterocycles. The summed E-state index contributed by atoms with van der Waals surface area (Å²) in [5.74, 6) is 0. The van der Waals surface area contributed by atoms with E-state index in [-0.39, 0.29) is 0 Å². The van der Waals surface area contributed by atoms with E-state index in [1.807, 2.05) is 26.0 Å². The number of urea groups is 1. The van der Waals surface area contributed by atoms with Gasteiger partial charge in [0.05, 0.1) is 0 Å². The number of hydrogen-bond donors (Lipinski definition) is 1. The molecule has 0 saturated carbocycles. The predicted molar refractivity (Wildman–Crippen MR) is 48.0 cm³/mol. The fourth-order valence-electron chi connectivity index (χ4n) is 1.01. The minimum Gasteiger partial charge on any atom is -0.306 e. The zero-order valence-corrected chi connectivity index (χ0v) is 7.14. The molecule has 0 heterocycles. The van der Waals surface area contributed by atoms with Crippen LogP contribution in [0.2, 0.25) is 0 Å². The standard InChI is InChI=1S/C9H11N2O/c1-6-4-3-5-8(7(6)2)11-9(10)12/h3-5,10H,1-2H3,(H,11,12). The Labute approximate surface area is 71.6 Å². The summed E-state index contributed by atoms with van der Waals surface area (Å²) in [7, 11) is 0. The normalized spacial score (nSPS) is 9.50. The van der Waals surface area contributed by atoms with Crippen molar-refractivity contribution in [2.75, 3.05) is 5.32 Å². The van der Waals surface area contributed by atoms with Gasteiger partial charge in [-0.25, -0.2) is 10.5 Å². The number of carbonyl (C=O) groups is 1. The van der Waals surface area contributed by atoms with Crippen LogP contribution in [0.4, 0.5) is 10.5 Å². The summed E-state index contributed by atoms with van der Waals surface area (Å²) in [6.07, 6.45) is 0. The van der Waals surface area contributed by atoms with E-state index in [9.17, 15) is 4.79 Å². The molecule has 0 unspecified atom stereocenters. The smallest absolute Gasteiger partial charge is 0.306 e. The average Bonchev–Trinajstić information content (AvgIpc) is 1.98. The maximum absolute atomic E-state index is 10.4. The number of amides is 2. The van der Waals surface area contributed by atoms with Crippen LogP contribution in [0.3, 0.4) is 0 Å². The second-order valence-corrected chi connectivity index (χ2v) is 2.70. The highest BCUT2D eigenvalue weighted by Crippen LogP contribution is 2.17. The van der Waals surface area contributed by atoms with E-state index >= 15 is 0 Å². The van der Waals surface area contributed by atoms with Gasteiger partial charge in [0.15, 0.2) is 0 Å². The summed E-state index contributed by atoms with van der Waals surface area (Å²) >= 11 is 0. The summed E-state index contributed by atoms with van der Waals surface area (Å²) in [5, 5.41) is 2.44. The first-order valence-corrected chi connectivity index (χ1v) is 3.70. The fraction of sp³-hybridized carbons (Fsp3) is 0.222. The second-order valence-electron chi connectivity index (χ2n) is 2.70. The zero-order valence-electron chi connectivity index (χ0n) is 7.14. The molecule has 0 aromatic heterocycles. The van der Waals surface area contributed by atoms with E-state index in [0.29, 0.717) is 0 Å². The van der Waals surface area contributed by atoms with Crippen LogP contribution in [0.5, 0.6) is 0 Å². The maximum Gasteiger partial charge on any atom is 0.337 e. The first-order chi connectivity index (χ1) is 5.61. The van der Waals surface area contributed by atoms with Crippen molar-refractivity contribution in [3.8, 4) is 0 Å². The average molecular weight is 163 g/mol. The van der Waals surface area contributed by atoms with Crippen molar-refractivity contribution in [3.63, 3.8) is 0 Å². The Kier molecular flexibility index (Phi) is 2.33. The first-order valence-electron chi connectivity index (χ1n) is 3.70. The Bertz CT molecular complexity index is 307. The summed E-state index contributed by atoms with van der Waals surface area (Å²) in [6, 6.07) is 4.83. The number of nitrogens with one attached hydrogen (secondary N) is 2. The van der Waals surface area contributed by atoms with Crippen molar-refractivity contribution in [1.82, 2.24) is 5.73 Å². The van der Waals surface area contributed by atoms with Gasteiger partial charge in [0.1, 0.15) is 0 Å². The van der Waals surface area contributed by atoms with E-state index < -0.39 is 6.03 Å². The van der Waals surface area contributed by atoms with Crippen LogP contribution in [-0.4, -0.2) is 6.03 Å². The molecule has 63 valence electrons. The van der Waals surface area contributed by atoms with E-state index in [4.69, 9.17) is 5.73 Å². The molecule has 0 fully saturated rings. The minimum atomic E-state index is -0.774. The van der Waals surface area contributed by atoms with Crippen LogP contribution in [0.25, 0.3) is 0 Å². The molecule has 1 rings (SSSR count). The van der Waals surface area contributed by atoms with Crippen LogP contribution in [-0.2, 0) is 0 Å². The van der Waals surface area contributed by atoms with Crippen molar-refractivity contribution in [2.24, 2.45) is 0 Å². The lowest BCUT2D eigenvalue weighted by atomic mass is 10.1. The Morgan fingerprint density at radius 1 is 1.42 bits per heavy atom. The lowest BCUT2D eigenvalue weighted by molar-refractivity contribution is 0.258. The van der Waals surface area contributed by atoms with Gasteiger partial charge >= 0.3 is 6.03 Å². The topological polar surface area (TPSA) is 52.9 Å². The Morgan fingerprint density at radius 2 is 2.08 bits per heavy atom. The lowest BCUT2D eigenvalue weighted by Crippen LogP contribution is -2.10. The molecule has 3 nitrogen and oxygen atoms in total. The molecular weight excluding hydrogens is 152 g/mol. The van der Waals surface area contributed by atoms with Crippen molar-refractivity contribution in [2.45, 2.75) is 13.8 Å². The molecule has 0 aliphatic carbocycles. The van der Waals surface area contributed by atoms with Gasteiger partial charge in [-0.2, -0.15) is 0 Å². The van der Waals surface area contributed by atoms with E-state index in [0.717, 1.165) is 16.8 Å². The third-order valence-electron chi connectivity index (χ3n) is 1.85. The summed E-state index contributed by atoms with van der Waals surface area (Å²) in [6.45, 7) is 3.88. The molecule has 1 aromatic carbocycles. The predicted octanol–water partition coefficient (Wildman–Crippen LogP) is 2.12. The van der Waals surface area contributed by atoms with Crippen LogP contribution in [0, 0.1) is 13.8 Å². The molecule has 1 aromatic rings. The molecule has 0 aliphatic rings. The molecular formula is C9H11N2O. The quantitative estimate of drug-likeness (QED) is 0.677. The molecule has 1 radical (unpaired) electrons. The highest BCUT2D eigenvalue weighted by Gasteiger charge is 2.01. The van der Waals surface area contributed by atoms with Gasteiger partial charge in [0.25, 0.3) is 0 Å². The third-order valence-corrected chi connectivity index (χ3v) is 1.85. The van der Waals surface area contributed by atoms with Crippen molar-refractivity contribution in [1.29, 1.82) is 0 Å². The Hall–Kier alpha value is -1.51. The highest BCUT2D eigenvalue weighted by atomic mass is 16.2.